The zero-order valence-corrected chi connectivity index (χ0v) is 12.9. The molecule has 21 heavy (non-hydrogen) atoms. The van der Waals surface area contributed by atoms with E-state index >= 15 is 0 Å². The van der Waals surface area contributed by atoms with Crippen molar-refractivity contribution < 1.29 is 9.21 Å². The molecular formula is C18H15ClO2. The number of aryl methyl sites for hydroxylation is 3. The molecule has 3 rings (SSSR count). The highest BCUT2D eigenvalue weighted by molar-refractivity contribution is 6.31. The van der Waals surface area contributed by atoms with E-state index in [4.69, 9.17) is 16.0 Å². The smallest absolute Gasteiger partial charge is 0.228 e. The Morgan fingerprint density at radius 2 is 1.67 bits per heavy atom. The number of rotatable bonds is 2. The van der Waals surface area contributed by atoms with Crippen LogP contribution in [0, 0.1) is 20.8 Å². The number of ketones is 1. The average molecular weight is 299 g/mol. The van der Waals surface area contributed by atoms with E-state index in [9.17, 15) is 4.79 Å². The molecule has 0 aliphatic heterocycles. The molecule has 0 saturated heterocycles. The van der Waals surface area contributed by atoms with Gasteiger partial charge in [-0.05, 0) is 56.2 Å². The van der Waals surface area contributed by atoms with Crippen molar-refractivity contribution in [3.8, 4) is 0 Å². The van der Waals surface area contributed by atoms with Crippen LogP contribution >= 0.6 is 11.6 Å². The van der Waals surface area contributed by atoms with Crippen LogP contribution in [0.15, 0.2) is 40.8 Å². The van der Waals surface area contributed by atoms with Crippen molar-refractivity contribution in [2.75, 3.05) is 0 Å². The second-order valence-corrected chi connectivity index (χ2v) is 5.83. The van der Waals surface area contributed by atoms with Crippen LogP contribution in [0.2, 0.25) is 5.02 Å². The van der Waals surface area contributed by atoms with Gasteiger partial charge in [-0.25, -0.2) is 0 Å². The molecular weight excluding hydrogens is 284 g/mol. The average Bonchev–Trinajstić information content (AvgIpc) is 2.80. The number of benzene rings is 2. The molecule has 0 radical (unpaired) electrons. The monoisotopic (exact) mass is 298 g/mol. The molecule has 0 aliphatic carbocycles. The highest BCUT2D eigenvalue weighted by Crippen LogP contribution is 2.26. The van der Waals surface area contributed by atoms with Crippen LogP contribution in [0.5, 0.6) is 0 Å². The molecule has 3 aromatic rings. The van der Waals surface area contributed by atoms with Gasteiger partial charge in [0.05, 0.1) is 0 Å². The SMILES string of the molecule is Cc1cc(C)c(C(=O)c2cc3cc(Cl)ccc3o2)c(C)c1. The summed E-state index contributed by atoms with van der Waals surface area (Å²) < 4.78 is 5.67. The Kier molecular flexibility index (Phi) is 3.34. The van der Waals surface area contributed by atoms with E-state index in [2.05, 4.69) is 0 Å². The van der Waals surface area contributed by atoms with E-state index in [1.54, 1.807) is 24.3 Å². The number of fused-ring (bicyclic) bond motifs is 1. The van der Waals surface area contributed by atoms with Gasteiger partial charge in [0.15, 0.2) is 5.76 Å². The van der Waals surface area contributed by atoms with Crippen LogP contribution in [0.4, 0.5) is 0 Å². The van der Waals surface area contributed by atoms with Crippen molar-refractivity contribution in [3.63, 3.8) is 0 Å². The fourth-order valence-corrected chi connectivity index (χ4v) is 2.97. The third-order valence-corrected chi connectivity index (χ3v) is 3.84. The van der Waals surface area contributed by atoms with Crippen molar-refractivity contribution in [3.05, 3.63) is 69.4 Å². The first kappa shape index (κ1) is 13.9. The Bertz CT molecular complexity index is 836. The largest absolute Gasteiger partial charge is 0.453 e. The maximum atomic E-state index is 12.7. The van der Waals surface area contributed by atoms with Crippen molar-refractivity contribution in [1.29, 1.82) is 0 Å². The lowest BCUT2D eigenvalue weighted by Crippen LogP contribution is -2.05. The number of hydrogen-bond acceptors (Lipinski definition) is 2. The predicted octanol–water partition coefficient (Wildman–Crippen LogP) is 5.24. The van der Waals surface area contributed by atoms with Gasteiger partial charge in [0.25, 0.3) is 0 Å². The van der Waals surface area contributed by atoms with Gasteiger partial charge in [-0.1, -0.05) is 29.3 Å². The minimum atomic E-state index is -0.0858. The molecule has 0 fully saturated rings. The molecule has 2 aromatic carbocycles. The number of hydrogen-bond donors (Lipinski definition) is 0. The van der Waals surface area contributed by atoms with Crippen LogP contribution in [0.25, 0.3) is 11.0 Å². The molecule has 0 bridgehead atoms. The van der Waals surface area contributed by atoms with E-state index < -0.39 is 0 Å². The Morgan fingerprint density at radius 1 is 1.00 bits per heavy atom. The lowest BCUT2D eigenvalue weighted by atomic mass is 9.95. The molecule has 0 aliphatic rings. The van der Waals surface area contributed by atoms with Crippen LogP contribution in [-0.2, 0) is 0 Å². The normalized spacial score (nSPS) is 11.0. The van der Waals surface area contributed by atoms with Crippen molar-refractivity contribution >= 4 is 28.4 Å². The summed E-state index contributed by atoms with van der Waals surface area (Å²) in [5.74, 6) is 0.264. The van der Waals surface area contributed by atoms with Gasteiger partial charge in [-0.15, -0.1) is 0 Å². The van der Waals surface area contributed by atoms with Crippen molar-refractivity contribution in [2.24, 2.45) is 0 Å². The minimum absolute atomic E-state index is 0.0858. The Hall–Kier alpha value is -2.06. The number of carbonyl (C=O) groups excluding carboxylic acids is 1. The number of furan rings is 1. The summed E-state index contributed by atoms with van der Waals surface area (Å²) in [6.45, 7) is 5.93. The summed E-state index contributed by atoms with van der Waals surface area (Å²) in [4.78, 5) is 12.7. The van der Waals surface area contributed by atoms with Gasteiger partial charge in [0.2, 0.25) is 5.78 Å². The first-order valence-electron chi connectivity index (χ1n) is 6.77. The van der Waals surface area contributed by atoms with Crippen molar-refractivity contribution in [2.45, 2.75) is 20.8 Å². The van der Waals surface area contributed by atoms with Crippen LogP contribution in [0.3, 0.4) is 0 Å². The van der Waals surface area contributed by atoms with Crippen molar-refractivity contribution in [1.82, 2.24) is 0 Å². The first-order valence-corrected chi connectivity index (χ1v) is 7.15. The zero-order chi connectivity index (χ0) is 15.1. The lowest BCUT2D eigenvalue weighted by molar-refractivity contribution is 0.101. The molecule has 0 amide bonds. The standard InChI is InChI=1S/C18H15ClO2/c1-10-6-11(2)17(12(3)7-10)18(20)16-9-13-8-14(19)4-5-15(13)21-16/h4-9H,1-3H3. The molecule has 3 heteroatoms. The maximum Gasteiger partial charge on any atom is 0.228 e. The van der Waals surface area contributed by atoms with Gasteiger partial charge >= 0.3 is 0 Å². The molecule has 0 saturated carbocycles. The summed E-state index contributed by atoms with van der Waals surface area (Å²) in [5, 5.41) is 1.47. The zero-order valence-electron chi connectivity index (χ0n) is 12.2. The molecule has 0 unspecified atom stereocenters. The Labute approximate surface area is 128 Å². The number of carbonyl (C=O) groups is 1. The van der Waals surface area contributed by atoms with Gasteiger partial charge in [0, 0.05) is 16.0 Å². The fraction of sp³-hybridized carbons (Fsp3) is 0.167. The van der Waals surface area contributed by atoms with Crippen LogP contribution in [-0.4, -0.2) is 5.78 Å². The Morgan fingerprint density at radius 3 is 2.33 bits per heavy atom. The molecule has 0 N–H and O–H groups in total. The fourth-order valence-electron chi connectivity index (χ4n) is 2.79. The predicted molar refractivity (Wildman–Crippen MR) is 85.3 cm³/mol. The first-order chi connectivity index (χ1) is 9.95. The van der Waals surface area contributed by atoms with E-state index in [-0.39, 0.29) is 5.78 Å². The van der Waals surface area contributed by atoms with Crippen LogP contribution in [0.1, 0.15) is 32.8 Å². The van der Waals surface area contributed by atoms with E-state index in [0.29, 0.717) is 21.9 Å². The second-order valence-electron chi connectivity index (χ2n) is 5.40. The number of halogens is 1. The highest BCUT2D eigenvalue weighted by Gasteiger charge is 2.19. The van der Waals surface area contributed by atoms with Gasteiger partial charge in [0.1, 0.15) is 5.58 Å². The van der Waals surface area contributed by atoms with E-state index in [1.165, 1.54) is 0 Å². The second kappa shape index (κ2) is 5.05. The highest BCUT2D eigenvalue weighted by atomic mass is 35.5. The quantitative estimate of drug-likeness (QED) is 0.605. The Balaban J connectivity index is 2.12. The topological polar surface area (TPSA) is 30.2 Å². The minimum Gasteiger partial charge on any atom is -0.453 e. The molecule has 0 atom stereocenters. The van der Waals surface area contributed by atoms with Gasteiger partial charge in [-0.3, -0.25) is 4.79 Å². The van der Waals surface area contributed by atoms with Crippen LogP contribution < -0.4 is 0 Å². The van der Waals surface area contributed by atoms with E-state index in [0.717, 1.165) is 22.1 Å². The van der Waals surface area contributed by atoms with E-state index in [1.807, 2.05) is 32.9 Å². The van der Waals surface area contributed by atoms with Gasteiger partial charge < -0.3 is 4.42 Å². The molecule has 2 nitrogen and oxygen atoms in total. The molecule has 106 valence electrons. The summed E-state index contributed by atoms with van der Waals surface area (Å²) >= 11 is 5.97. The molecule has 1 aromatic heterocycles. The molecule has 0 spiro atoms. The summed E-state index contributed by atoms with van der Waals surface area (Å²) in [6, 6.07) is 11.1. The third-order valence-electron chi connectivity index (χ3n) is 3.61. The maximum absolute atomic E-state index is 12.7. The van der Waals surface area contributed by atoms with Gasteiger partial charge in [-0.2, -0.15) is 0 Å². The lowest BCUT2D eigenvalue weighted by Gasteiger charge is -2.08. The molecule has 1 heterocycles. The third kappa shape index (κ3) is 2.47. The summed E-state index contributed by atoms with van der Waals surface area (Å²) in [6.07, 6.45) is 0. The summed E-state index contributed by atoms with van der Waals surface area (Å²) in [7, 11) is 0. The summed E-state index contributed by atoms with van der Waals surface area (Å²) in [5.41, 5.74) is 4.47.